The van der Waals surface area contributed by atoms with E-state index >= 15 is 0 Å². The Hall–Kier alpha value is -1.81. The van der Waals surface area contributed by atoms with Crippen molar-refractivity contribution >= 4 is 17.3 Å². The fraction of sp³-hybridized carbons (Fsp3) is 0.640. The molecule has 4 nitrogen and oxygen atoms in total. The maximum Gasteiger partial charge on any atom is 0.185 e. The molecule has 1 aliphatic carbocycles. The lowest BCUT2D eigenvalue weighted by Gasteiger charge is -2.25. The lowest BCUT2D eigenvalue weighted by Crippen LogP contribution is -2.26. The smallest absolute Gasteiger partial charge is 0.185 e. The maximum atomic E-state index is 12.5. The van der Waals surface area contributed by atoms with Crippen LogP contribution in [0.5, 0.6) is 0 Å². The molecule has 0 heterocycles. The van der Waals surface area contributed by atoms with E-state index in [1.54, 1.807) is 34.6 Å². The van der Waals surface area contributed by atoms with Crippen LogP contribution >= 0.6 is 0 Å². The van der Waals surface area contributed by atoms with E-state index in [1.165, 1.54) is 5.57 Å². The van der Waals surface area contributed by atoms with Crippen molar-refractivity contribution in [2.45, 2.75) is 99.0 Å². The molecule has 0 aromatic carbocycles. The van der Waals surface area contributed by atoms with Gasteiger partial charge in [-0.3, -0.25) is 14.4 Å². The molecule has 0 amide bonds. The Balaban J connectivity index is 2.53. The van der Waals surface area contributed by atoms with Crippen molar-refractivity contribution in [3.63, 3.8) is 0 Å². The van der Waals surface area contributed by atoms with E-state index in [9.17, 15) is 19.5 Å². The first kappa shape index (κ1) is 25.2. The summed E-state index contributed by atoms with van der Waals surface area (Å²) < 4.78 is 0. The fourth-order valence-electron chi connectivity index (χ4n) is 3.60. The van der Waals surface area contributed by atoms with Gasteiger partial charge < -0.3 is 5.11 Å². The lowest BCUT2D eigenvalue weighted by atomic mass is 9.82. The highest BCUT2D eigenvalue weighted by Crippen LogP contribution is 2.30. The number of rotatable bonds is 11. The molecule has 0 saturated carbocycles. The second-order valence-corrected chi connectivity index (χ2v) is 9.00. The van der Waals surface area contributed by atoms with Gasteiger partial charge in [-0.2, -0.15) is 0 Å². The van der Waals surface area contributed by atoms with Gasteiger partial charge in [0.05, 0.1) is 5.60 Å². The molecule has 0 aromatic heterocycles. The summed E-state index contributed by atoms with van der Waals surface area (Å²) in [7, 11) is 0. The van der Waals surface area contributed by atoms with Gasteiger partial charge in [0, 0.05) is 28.2 Å². The Morgan fingerprint density at radius 2 is 1.62 bits per heavy atom. The van der Waals surface area contributed by atoms with Crippen molar-refractivity contribution in [1.82, 2.24) is 0 Å². The molecule has 162 valence electrons. The van der Waals surface area contributed by atoms with Crippen LogP contribution in [0.25, 0.3) is 0 Å². The third-order valence-electron chi connectivity index (χ3n) is 6.30. The van der Waals surface area contributed by atoms with Crippen molar-refractivity contribution in [3.05, 3.63) is 33.9 Å². The van der Waals surface area contributed by atoms with E-state index in [0.717, 1.165) is 25.7 Å². The normalized spacial score (nSPS) is 19.0. The van der Waals surface area contributed by atoms with Crippen LogP contribution in [-0.4, -0.2) is 28.1 Å². The molecular weight excluding hydrogens is 364 g/mol. The second-order valence-electron chi connectivity index (χ2n) is 9.00. The average molecular weight is 403 g/mol. The zero-order chi connectivity index (χ0) is 22.4. The van der Waals surface area contributed by atoms with Crippen LogP contribution in [0.2, 0.25) is 0 Å². The maximum absolute atomic E-state index is 12.5. The van der Waals surface area contributed by atoms with E-state index in [1.807, 2.05) is 6.92 Å². The number of carbonyl (C=O) groups is 3. The van der Waals surface area contributed by atoms with Gasteiger partial charge in [0.15, 0.2) is 11.6 Å². The molecule has 0 radical (unpaired) electrons. The first-order chi connectivity index (χ1) is 13.4. The van der Waals surface area contributed by atoms with Crippen molar-refractivity contribution in [3.8, 4) is 0 Å². The van der Waals surface area contributed by atoms with E-state index in [2.05, 4.69) is 13.0 Å². The highest BCUT2D eigenvalue weighted by molar-refractivity contribution is 6.24. The predicted octanol–water partition coefficient (Wildman–Crippen LogP) is 5.44. The number of Topliss-reactive ketones (excluding diaryl/α,β-unsaturated/α-hetero) is 3. The van der Waals surface area contributed by atoms with Gasteiger partial charge in [0.2, 0.25) is 0 Å². The lowest BCUT2D eigenvalue weighted by molar-refractivity contribution is -0.120. The molecule has 0 spiro atoms. The summed E-state index contributed by atoms with van der Waals surface area (Å²) >= 11 is 0. The summed E-state index contributed by atoms with van der Waals surface area (Å²) in [6.45, 7) is 12.6. The summed E-state index contributed by atoms with van der Waals surface area (Å²) in [4.78, 5) is 36.1. The zero-order valence-corrected chi connectivity index (χ0v) is 19.3. The number of carbonyl (C=O) groups excluding carboxylic acids is 3. The molecule has 0 aliphatic heterocycles. The standard InChI is InChI=1S/C25H38O4/c1-16(10-8-12-17(2)21(6)26)11-9-14-25(7,29)15-13-22-20(5)23(27)18(3)19(4)24(22)28/h11,17,29H,8-10,12-15H2,1-7H3/b16-11+/t17?,25-/m1/s1. The number of ketones is 3. The van der Waals surface area contributed by atoms with Crippen LogP contribution in [0.4, 0.5) is 0 Å². The van der Waals surface area contributed by atoms with E-state index in [4.69, 9.17) is 0 Å². The minimum Gasteiger partial charge on any atom is -0.390 e. The molecule has 1 rings (SSSR count). The van der Waals surface area contributed by atoms with Gasteiger partial charge >= 0.3 is 0 Å². The quantitative estimate of drug-likeness (QED) is 0.369. The number of hydrogen-bond acceptors (Lipinski definition) is 4. The molecule has 0 fully saturated rings. The van der Waals surface area contributed by atoms with E-state index < -0.39 is 5.60 Å². The summed E-state index contributed by atoms with van der Waals surface area (Å²) in [6, 6.07) is 0. The van der Waals surface area contributed by atoms with E-state index in [0.29, 0.717) is 41.6 Å². The minimum atomic E-state index is -0.888. The molecule has 29 heavy (non-hydrogen) atoms. The summed E-state index contributed by atoms with van der Waals surface area (Å²) in [5.41, 5.74) is 2.50. The van der Waals surface area contributed by atoms with Gasteiger partial charge in [-0.15, -0.1) is 0 Å². The molecule has 0 bridgehead atoms. The monoisotopic (exact) mass is 402 g/mol. The second kappa shape index (κ2) is 10.8. The van der Waals surface area contributed by atoms with Gasteiger partial charge in [-0.25, -0.2) is 0 Å². The Labute approximate surface area is 176 Å². The third kappa shape index (κ3) is 7.50. The average Bonchev–Trinajstić information content (AvgIpc) is 2.64. The first-order valence-corrected chi connectivity index (χ1v) is 10.7. The van der Waals surface area contributed by atoms with Crippen LogP contribution < -0.4 is 0 Å². The van der Waals surface area contributed by atoms with Crippen molar-refractivity contribution in [1.29, 1.82) is 0 Å². The number of allylic oxidation sites excluding steroid dienone is 6. The predicted molar refractivity (Wildman–Crippen MR) is 118 cm³/mol. The molecule has 0 aromatic rings. The Bertz CT molecular complexity index is 747. The highest BCUT2D eigenvalue weighted by atomic mass is 16.3. The summed E-state index contributed by atoms with van der Waals surface area (Å²) in [5.74, 6) is 0.241. The molecular formula is C25H38O4. The molecule has 1 aliphatic rings. The third-order valence-corrected chi connectivity index (χ3v) is 6.30. The van der Waals surface area contributed by atoms with Crippen molar-refractivity contribution in [2.75, 3.05) is 0 Å². The number of aliphatic hydroxyl groups is 1. The molecule has 2 atom stereocenters. The largest absolute Gasteiger partial charge is 0.390 e. The number of hydrogen-bond donors (Lipinski definition) is 1. The van der Waals surface area contributed by atoms with Crippen LogP contribution in [0, 0.1) is 5.92 Å². The van der Waals surface area contributed by atoms with Crippen molar-refractivity contribution in [2.24, 2.45) is 5.92 Å². The Kier molecular flexibility index (Phi) is 9.41. The minimum absolute atomic E-state index is 0.0607. The van der Waals surface area contributed by atoms with Crippen LogP contribution in [0.15, 0.2) is 33.9 Å². The first-order valence-electron chi connectivity index (χ1n) is 10.7. The van der Waals surface area contributed by atoms with Crippen LogP contribution in [-0.2, 0) is 14.4 Å². The van der Waals surface area contributed by atoms with Crippen LogP contribution in [0.1, 0.15) is 93.4 Å². The van der Waals surface area contributed by atoms with Crippen LogP contribution in [0.3, 0.4) is 0 Å². The molecule has 1 N–H and O–H groups in total. The highest BCUT2D eigenvalue weighted by Gasteiger charge is 2.29. The van der Waals surface area contributed by atoms with Gasteiger partial charge in [0.1, 0.15) is 5.78 Å². The molecule has 1 unspecified atom stereocenters. The summed E-state index contributed by atoms with van der Waals surface area (Å²) in [6.07, 6.45) is 7.27. The fourth-order valence-corrected chi connectivity index (χ4v) is 3.60. The van der Waals surface area contributed by atoms with E-state index in [-0.39, 0.29) is 23.3 Å². The van der Waals surface area contributed by atoms with Gasteiger partial charge in [0.25, 0.3) is 0 Å². The van der Waals surface area contributed by atoms with Gasteiger partial charge in [-0.05, 0) is 86.5 Å². The zero-order valence-electron chi connectivity index (χ0n) is 19.3. The van der Waals surface area contributed by atoms with Gasteiger partial charge in [-0.1, -0.05) is 18.6 Å². The Morgan fingerprint density at radius 1 is 1.03 bits per heavy atom. The van der Waals surface area contributed by atoms with Crippen molar-refractivity contribution < 1.29 is 19.5 Å². The Morgan fingerprint density at radius 3 is 2.21 bits per heavy atom. The summed E-state index contributed by atoms with van der Waals surface area (Å²) in [5, 5.41) is 10.7. The SMILES string of the molecule is CC(=O)C(C)CCC/C(C)=C/CC[C@@](C)(O)CCC1=C(C)C(=O)C(C)=C(C)C1=O. The molecule has 4 heteroatoms. The molecule has 0 saturated heterocycles. The topological polar surface area (TPSA) is 71.4 Å².